The van der Waals surface area contributed by atoms with Crippen molar-refractivity contribution in [1.29, 1.82) is 0 Å². The van der Waals surface area contributed by atoms with Crippen LogP contribution in [0.1, 0.15) is 73.5 Å². The molecule has 4 atom stereocenters. The first-order chi connectivity index (χ1) is 22.1. The van der Waals surface area contributed by atoms with E-state index in [2.05, 4.69) is 25.4 Å². The molecule has 244 valence electrons. The molecule has 12 heteroatoms. The van der Waals surface area contributed by atoms with E-state index in [-0.39, 0.29) is 30.1 Å². The van der Waals surface area contributed by atoms with Crippen LogP contribution in [0.4, 0.5) is 0 Å². The molecule has 7 rings (SSSR count). The van der Waals surface area contributed by atoms with Crippen molar-refractivity contribution in [2.75, 3.05) is 59.1 Å². The minimum absolute atomic E-state index is 0.0155. The van der Waals surface area contributed by atoms with E-state index in [1.165, 1.54) is 19.3 Å². The fourth-order valence-electron chi connectivity index (χ4n) is 7.78. The molecule has 0 spiro atoms. The minimum Gasteiger partial charge on any atom is -0.493 e. The molecular weight excluding hydrogens is 574 g/mol. The van der Waals surface area contributed by atoms with Crippen molar-refractivity contribution in [2.45, 2.75) is 88.2 Å². The summed E-state index contributed by atoms with van der Waals surface area (Å²) in [6, 6.07) is 7.25. The van der Waals surface area contributed by atoms with Crippen LogP contribution in [0.3, 0.4) is 0 Å². The lowest BCUT2D eigenvalue weighted by Crippen LogP contribution is -2.63. The molecule has 1 aromatic heterocycles. The molecule has 1 saturated carbocycles. The van der Waals surface area contributed by atoms with Gasteiger partial charge in [-0.2, -0.15) is 0 Å². The van der Waals surface area contributed by atoms with Crippen molar-refractivity contribution in [3.63, 3.8) is 0 Å². The molecule has 5 heterocycles. The molecule has 2 bridgehead atoms. The predicted octanol–water partition coefficient (Wildman–Crippen LogP) is 2.26. The second kappa shape index (κ2) is 14.1. The minimum atomic E-state index is -0.589. The maximum Gasteiger partial charge on any atom is 0.258 e. The van der Waals surface area contributed by atoms with Crippen molar-refractivity contribution in [3.05, 3.63) is 41.7 Å². The summed E-state index contributed by atoms with van der Waals surface area (Å²) in [6.45, 7) is 6.62. The monoisotopic (exact) mass is 621 g/mol. The van der Waals surface area contributed by atoms with E-state index >= 15 is 0 Å². The summed E-state index contributed by atoms with van der Waals surface area (Å²) in [5.74, 6) is 0.292. The van der Waals surface area contributed by atoms with E-state index in [1.54, 1.807) is 4.90 Å². The third kappa shape index (κ3) is 7.03. The van der Waals surface area contributed by atoms with Gasteiger partial charge in [-0.25, -0.2) is 4.68 Å². The van der Waals surface area contributed by atoms with Gasteiger partial charge in [-0.1, -0.05) is 36.6 Å². The summed E-state index contributed by atoms with van der Waals surface area (Å²) in [5, 5.41) is 12.2. The summed E-state index contributed by atoms with van der Waals surface area (Å²) >= 11 is 0. The number of amides is 2. The van der Waals surface area contributed by atoms with E-state index in [9.17, 15) is 9.59 Å². The van der Waals surface area contributed by atoms with Crippen molar-refractivity contribution < 1.29 is 23.8 Å². The third-order valence-electron chi connectivity index (χ3n) is 10.3. The highest BCUT2D eigenvalue weighted by Crippen LogP contribution is 2.32. The molecule has 1 aliphatic carbocycles. The molecule has 2 amide bonds. The fraction of sp³-hybridized carbons (Fsp3) is 0.697. The molecule has 12 nitrogen and oxygen atoms in total. The van der Waals surface area contributed by atoms with Gasteiger partial charge in [-0.3, -0.25) is 19.4 Å². The Morgan fingerprint density at radius 1 is 0.911 bits per heavy atom. The second-order valence-corrected chi connectivity index (χ2v) is 13.2. The topological polar surface area (TPSA) is 114 Å². The predicted molar refractivity (Wildman–Crippen MR) is 166 cm³/mol. The second-order valence-electron chi connectivity index (χ2n) is 13.2. The summed E-state index contributed by atoms with van der Waals surface area (Å²) in [7, 11) is 0. The number of morpholine rings is 1. The lowest BCUT2D eigenvalue weighted by atomic mass is 9.93. The van der Waals surface area contributed by atoms with Crippen molar-refractivity contribution >= 4 is 11.8 Å². The van der Waals surface area contributed by atoms with E-state index in [0.29, 0.717) is 50.0 Å². The quantitative estimate of drug-likeness (QED) is 0.549. The number of para-hydroxylation sites is 1. The van der Waals surface area contributed by atoms with E-state index in [1.807, 2.05) is 35.1 Å². The Bertz CT molecular complexity index is 1310. The molecule has 3 saturated heterocycles. The number of piperazine rings is 1. The number of nitrogens with zero attached hydrogens (tertiary/aromatic N) is 6. The van der Waals surface area contributed by atoms with Crippen LogP contribution in [-0.2, 0) is 20.8 Å². The van der Waals surface area contributed by atoms with Crippen LogP contribution < -0.4 is 10.1 Å². The van der Waals surface area contributed by atoms with Crippen molar-refractivity contribution in [3.8, 4) is 5.75 Å². The van der Waals surface area contributed by atoms with Crippen LogP contribution in [0.25, 0.3) is 0 Å². The molecule has 5 aliphatic rings. The van der Waals surface area contributed by atoms with E-state index < -0.39 is 6.04 Å². The van der Waals surface area contributed by atoms with Crippen LogP contribution >= 0.6 is 0 Å². The highest BCUT2D eigenvalue weighted by atomic mass is 16.5. The number of benzene rings is 1. The van der Waals surface area contributed by atoms with Gasteiger partial charge in [0.05, 0.1) is 55.5 Å². The van der Waals surface area contributed by atoms with Gasteiger partial charge >= 0.3 is 0 Å². The summed E-state index contributed by atoms with van der Waals surface area (Å²) < 4.78 is 20.3. The Morgan fingerprint density at radius 2 is 1.76 bits per heavy atom. The average molecular weight is 622 g/mol. The zero-order chi connectivity index (χ0) is 30.6. The summed E-state index contributed by atoms with van der Waals surface area (Å²) in [6.07, 6.45) is 10.2. The van der Waals surface area contributed by atoms with Crippen molar-refractivity contribution in [1.82, 2.24) is 35.0 Å². The Morgan fingerprint density at radius 3 is 2.62 bits per heavy atom. The molecule has 1 N–H and O–H groups in total. The zero-order valence-electron chi connectivity index (χ0n) is 26.2. The molecule has 2 aromatic rings. The Hall–Kier alpha value is -3.06. The molecular formula is C33H47N7O5. The van der Waals surface area contributed by atoms with Gasteiger partial charge < -0.3 is 24.4 Å². The SMILES string of the molecule is O=C1NC[C@H]2O[C@H](CCOc3ccccc3C(=O)N3CCN(C4CCCCC4)C[C@@H]13)CC[C@H]2n1cc(CN2CCOCC2)nn1. The van der Waals surface area contributed by atoms with E-state index in [4.69, 9.17) is 14.2 Å². The molecule has 45 heavy (non-hydrogen) atoms. The number of fused-ring (bicyclic) bond motifs is 4. The number of hydrogen-bond acceptors (Lipinski definition) is 9. The third-order valence-corrected chi connectivity index (χ3v) is 10.3. The number of carbonyl (C=O) groups is 2. The summed E-state index contributed by atoms with van der Waals surface area (Å²) in [4.78, 5) is 34.6. The van der Waals surface area contributed by atoms with Crippen LogP contribution in [0.15, 0.2) is 30.5 Å². The van der Waals surface area contributed by atoms with Crippen LogP contribution in [0.2, 0.25) is 0 Å². The van der Waals surface area contributed by atoms with Crippen LogP contribution in [0, 0.1) is 0 Å². The van der Waals surface area contributed by atoms with Crippen LogP contribution in [-0.4, -0.2) is 125 Å². The van der Waals surface area contributed by atoms with Gasteiger partial charge in [0.25, 0.3) is 5.91 Å². The van der Waals surface area contributed by atoms with Gasteiger partial charge in [-0.15, -0.1) is 5.10 Å². The van der Waals surface area contributed by atoms with Gasteiger partial charge in [0, 0.05) is 58.3 Å². The first-order valence-corrected chi connectivity index (χ1v) is 17.0. The first-order valence-electron chi connectivity index (χ1n) is 17.0. The number of nitrogens with one attached hydrogen (secondary N) is 1. The van der Waals surface area contributed by atoms with Crippen LogP contribution in [0.5, 0.6) is 5.75 Å². The number of aromatic nitrogens is 3. The number of ether oxygens (including phenoxy) is 3. The lowest BCUT2D eigenvalue weighted by Gasteiger charge is -2.45. The molecule has 0 radical (unpaired) electrons. The molecule has 0 unspecified atom stereocenters. The highest BCUT2D eigenvalue weighted by molar-refractivity contribution is 6.00. The molecule has 4 aliphatic heterocycles. The average Bonchev–Trinajstić information content (AvgIpc) is 3.55. The molecule has 4 fully saturated rings. The molecule has 1 aromatic carbocycles. The normalized spacial score (nSPS) is 29.6. The highest BCUT2D eigenvalue weighted by Gasteiger charge is 2.40. The largest absolute Gasteiger partial charge is 0.493 e. The fourth-order valence-corrected chi connectivity index (χ4v) is 7.78. The van der Waals surface area contributed by atoms with Gasteiger partial charge in [0.15, 0.2) is 0 Å². The Kier molecular flexibility index (Phi) is 9.62. The lowest BCUT2D eigenvalue weighted by molar-refractivity contribution is -0.131. The smallest absolute Gasteiger partial charge is 0.258 e. The summed E-state index contributed by atoms with van der Waals surface area (Å²) in [5.41, 5.74) is 1.44. The zero-order valence-corrected chi connectivity index (χ0v) is 26.2. The first kappa shape index (κ1) is 30.6. The number of carbonyl (C=O) groups excluding carboxylic acids is 2. The number of rotatable bonds is 4. The van der Waals surface area contributed by atoms with E-state index in [0.717, 1.165) is 70.8 Å². The Labute approximate surface area is 265 Å². The Balaban J connectivity index is 1.12. The van der Waals surface area contributed by atoms with Gasteiger partial charge in [-0.05, 0) is 37.8 Å². The number of hydrogen-bond donors (Lipinski definition) is 1. The maximum absolute atomic E-state index is 14.1. The van der Waals surface area contributed by atoms with Crippen molar-refractivity contribution in [2.24, 2.45) is 0 Å². The maximum atomic E-state index is 14.1. The van der Waals surface area contributed by atoms with Gasteiger partial charge in [0.2, 0.25) is 5.91 Å². The standard InChI is InChI=1S/C33H47N7O5/c41-32-29-23-38(25-6-2-1-3-7-25)13-14-39(29)33(42)27-8-4-5-9-30(27)44-17-12-26-10-11-28(31(45-26)20-34-32)40-22-24(35-36-40)21-37-15-18-43-19-16-37/h4-5,8-9,22,25-26,28-29,31H,1-3,6-7,10-21,23H2,(H,34,41)/t26-,28+,29-,31+/m0/s1. The van der Waals surface area contributed by atoms with Gasteiger partial charge in [0.1, 0.15) is 11.8 Å².